The van der Waals surface area contributed by atoms with Crippen LogP contribution in [0.25, 0.3) is 0 Å². The number of ether oxygens (including phenoxy) is 1. The van der Waals surface area contributed by atoms with E-state index in [4.69, 9.17) is 4.74 Å². The van der Waals surface area contributed by atoms with E-state index in [2.05, 4.69) is 4.72 Å². The molecule has 2 aliphatic carbocycles. The van der Waals surface area contributed by atoms with E-state index in [1.54, 1.807) is 20.8 Å². The molecule has 2 fully saturated rings. The molecule has 2 saturated carbocycles. The van der Waals surface area contributed by atoms with Gasteiger partial charge in [0, 0.05) is 1.43 Å². The molecule has 5 nitrogen and oxygen atoms in total. The molecule has 0 aromatic heterocycles. The van der Waals surface area contributed by atoms with Crippen molar-refractivity contribution in [3.8, 4) is 0 Å². The SMILES string of the molecule is CC(C)(C)OC(=O)NS(=O)(=O)C1(CC2CC2)CC1.[HH]. The number of nitrogens with one attached hydrogen (secondary N) is 1. The minimum Gasteiger partial charge on any atom is -0.443 e. The minimum absolute atomic E-state index is 0. The third-order valence-corrected chi connectivity index (χ3v) is 5.50. The van der Waals surface area contributed by atoms with Crippen LogP contribution in [0.3, 0.4) is 0 Å². The van der Waals surface area contributed by atoms with Crippen molar-refractivity contribution in [3.05, 3.63) is 0 Å². The predicted molar refractivity (Wildman–Crippen MR) is 69.7 cm³/mol. The third-order valence-electron chi connectivity index (χ3n) is 3.35. The lowest BCUT2D eigenvalue weighted by atomic mass is 10.2. The molecule has 0 aromatic rings. The van der Waals surface area contributed by atoms with E-state index in [1.165, 1.54) is 0 Å². The second kappa shape index (κ2) is 4.11. The van der Waals surface area contributed by atoms with Gasteiger partial charge in [0.05, 0.1) is 4.75 Å². The maximum absolute atomic E-state index is 12.2. The summed E-state index contributed by atoms with van der Waals surface area (Å²) in [6.07, 6.45) is 3.35. The van der Waals surface area contributed by atoms with Gasteiger partial charge in [0.1, 0.15) is 5.60 Å². The van der Waals surface area contributed by atoms with E-state index in [0.29, 0.717) is 25.2 Å². The summed E-state index contributed by atoms with van der Waals surface area (Å²) >= 11 is 0. The van der Waals surface area contributed by atoms with Gasteiger partial charge in [-0.15, -0.1) is 0 Å². The molecule has 0 radical (unpaired) electrons. The molecule has 1 N–H and O–H groups in total. The summed E-state index contributed by atoms with van der Waals surface area (Å²) in [6.45, 7) is 5.11. The molecular weight excluding hydrogens is 254 g/mol. The van der Waals surface area contributed by atoms with Crippen molar-refractivity contribution in [1.82, 2.24) is 4.72 Å². The topological polar surface area (TPSA) is 72.5 Å². The Morgan fingerprint density at radius 2 is 1.94 bits per heavy atom. The van der Waals surface area contributed by atoms with Gasteiger partial charge >= 0.3 is 6.09 Å². The lowest BCUT2D eigenvalue weighted by molar-refractivity contribution is 0.0569. The van der Waals surface area contributed by atoms with Crippen molar-refractivity contribution in [1.29, 1.82) is 0 Å². The number of hydrogen-bond acceptors (Lipinski definition) is 4. The summed E-state index contributed by atoms with van der Waals surface area (Å²) in [5, 5.41) is 0. The molecule has 2 rings (SSSR count). The third kappa shape index (κ3) is 3.16. The van der Waals surface area contributed by atoms with Gasteiger partial charge in [0.15, 0.2) is 0 Å². The molecule has 0 saturated heterocycles. The van der Waals surface area contributed by atoms with Crippen LogP contribution in [-0.4, -0.2) is 24.9 Å². The first kappa shape index (κ1) is 13.6. The standard InChI is InChI=1S/C12H21NO4S.H2/c1-11(2,3)17-10(14)13-18(15,16)12(6-7-12)8-9-4-5-9;/h9H,4-8H2,1-3H3,(H,13,14);1H. The summed E-state index contributed by atoms with van der Waals surface area (Å²) in [7, 11) is -3.60. The zero-order chi connectivity index (χ0) is 13.6. The zero-order valence-corrected chi connectivity index (χ0v) is 12.0. The maximum Gasteiger partial charge on any atom is 0.421 e. The van der Waals surface area contributed by atoms with Crippen molar-refractivity contribution < 1.29 is 19.4 Å². The van der Waals surface area contributed by atoms with Gasteiger partial charge in [-0.1, -0.05) is 12.8 Å². The van der Waals surface area contributed by atoms with Crippen LogP contribution in [0.5, 0.6) is 0 Å². The summed E-state index contributed by atoms with van der Waals surface area (Å²) in [5.74, 6) is 0.530. The first-order chi connectivity index (χ1) is 8.14. The highest BCUT2D eigenvalue weighted by Crippen LogP contribution is 2.52. The van der Waals surface area contributed by atoms with Gasteiger partial charge in [-0.2, -0.15) is 0 Å². The van der Waals surface area contributed by atoms with E-state index in [1.807, 2.05) is 0 Å². The molecule has 0 spiro atoms. The molecule has 0 aromatic carbocycles. The van der Waals surface area contributed by atoms with Gasteiger partial charge in [-0.25, -0.2) is 17.9 Å². The van der Waals surface area contributed by atoms with Crippen molar-refractivity contribution >= 4 is 16.1 Å². The Morgan fingerprint density at radius 3 is 2.33 bits per heavy atom. The average Bonchev–Trinajstić information content (AvgIpc) is 2.96. The molecule has 0 atom stereocenters. The van der Waals surface area contributed by atoms with Crippen LogP contribution in [0.4, 0.5) is 4.79 Å². The summed E-state index contributed by atoms with van der Waals surface area (Å²) in [5.41, 5.74) is -0.688. The highest BCUT2D eigenvalue weighted by molar-refractivity contribution is 7.91. The Bertz CT molecular complexity index is 447. The van der Waals surface area contributed by atoms with Crippen LogP contribution < -0.4 is 4.72 Å². The zero-order valence-electron chi connectivity index (χ0n) is 11.2. The Morgan fingerprint density at radius 1 is 1.39 bits per heavy atom. The van der Waals surface area contributed by atoms with Crippen molar-refractivity contribution in [2.75, 3.05) is 0 Å². The van der Waals surface area contributed by atoms with E-state index in [0.717, 1.165) is 12.8 Å². The summed E-state index contributed by atoms with van der Waals surface area (Å²) < 4.78 is 30.7. The molecular formula is C12H23NO4S. The highest BCUT2D eigenvalue weighted by atomic mass is 32.2. The van der Waals surface area contributed by atoms with E-state index >= 15 is 0 Å². The predicted octanol–water partition coefficient (Wildman–Crippen LogP) is 2.42. The maximum atomic E-state index is 12.2. The van der Waals surface area contributed by atoms with Crippen LogP contribution in [0.1, 0.15) is 54.3 Å². The normalized spacial score (nSPS) is 22.4. The molecule has 0 aliphatic heterocycles. The van der Waals surface area contributed by atoms with Crippen molar-refractivity contribution in [3.63, 3.8) is 0 Å². The Balaban J connectivity index is 0.00000180. The van der Waals surface area contributed by atoms with Gasteiger partial charge < -0.3 is 4.74 Å². The fourth-order valence-corrected chi connectivity index (χ4v) is 3.66. The first-order valence-corrected chi connectivity index (χ1v) is 7.87. The number of sulfonamides is 1. The van der Waals surface area contributed by atoms with Gasteiger partial charge in [-0.05, 0) is 46.0 Å². The number of rotatable bonds is 4. The second-order valence-corrected chi connectivity index (χ2v) is 8.51. The van der Waals surface area contributed by atoms with Crippen LogP contribution in [-0.2, 0) is 14.8 Å². The summed E-state index contributed by atoms with van der Waals surface area (Å²) in [4.78, 5) is 11.5. The van der Waals surface area contributed by atoms with Crippen LogP contribution >= 0.6 is 0 Å². The lowest BCUT2D eigenvalue weighted by Gasteiger charge is -2.22. The first-order valence-electron chi connectivity index (χ1n) is 6.39. The van der Waals surface area contributed by atoms with E-state index < -0.39 is 26.5 Å². The van der Waals surface area contributed by atoms with E-state index in [9.17, 15) is 13.2 Å². The largest absolute Gasteiger partial charge is 0.443 e. The Hall–Kier alpha value is -0.780. The lowest BCUT2D eigenvalue weighted by Crippen LogP contribution is -2.42. The number of carbonyl (C=O) groups is 1. The minimum atomic E-state index is -3.60. The second-order valence-electron chi connectivity index (χ2n) is 6.44. The van der Waals surface area contributed by atoms with E-state index in [-0.39, 0.29) is 1.43 Å². The Labute approximate surface area is 110 Å². The average molecular weight is 277 g/mol. The fraction of sp³-hybridized carbons (Fsp3) is 0.917. The molecule has 106 valence electrons. The fourth-order valence-electron chi connectivity index (χ4n) is 2.09. The van der Waals surface area contributed by atoms with Gasteiger partial charge in [0.25, 0.3) is 0 Å². The van der Waals surface area contributed by atoms with Crippen LogP contribution in [0, 0.1) is 5.92 Å². The molecule has 0 bridgehead atoms. The molecule has 18 heavy (non-hydrogen) atoms. The van der Waals surface area contributed by atoms with Crippen molar-refractivity contribution in [2.24, 2.45) is 5.92 Å². The monoisotopic (exact) mass is 277 g/mol. The van der Waals surface area contributed by atoms with Crippen LogP contribution in [0.2, 0.25) is 0 Å². The molecule has 0 heterocycles. The molecule has 6 heteroatoms. The number of hydrogen-bond donors (Lipinski definition) is 1. The van der Waals surface area contributed by atoms with Gasteiger partial charge in [0.2, 0.25) is 10.0 Å². The quantitative estimate of drug-likeness (QED) is 0.856. The molecule has 0 unspecified atom stereocenters. The van der Waals surface area contributed by atoms with Crippen molar-refractivity contribution in [2.45, 2.75) is 63.2 Å². The number of carbonyl (C=O) groups excluding carboxylic acids is 1. The number of amides is 1. The molecule has 2 aliphatic rings. The summed E-state index contributed by atoms with van der Waals surface area (Å²) in [6, 6.07) is 0. The van der Waals surface area contributed by atoms with Gasteiger partial charge in [-0.3, -0.25) is 0 Å². The Kier molecular flexibility index (Phi) is 3.12. The molecule has 1 amide bonds. The van der Waals surface area contributed by atoms with Crippen LogP contribution in [0.15, 0.2) is 0 Å². The smallest absolute Gasteiger partial charge is 0.421 e. The highest BCUT2D eigenvalue weighted by Gasteiger charge is 2.57.